The number of rotatable bonds is 5. The fourth-order valence-corrected chi connectivity index (χ4v) is 3.42. The van der Waals surface area contributed by atoms with Gasteiger partial charge in [0.05, 0.1) is 18.0 Å². The zero-order valence-electron chi connectivity index (χ0n) is 12.7. The molecule has 0 radical (unpaired) electrons. The number of aromatic nitrogens is 2. The fraction of sp³-hybridized carbons (Fsp3) is 0.222. The largest absolute Gasteiger partial charge is 0.497 e. The van der Waals surface area contributed by atoms with Gasteiger partial charge in [0.25, 0.3) is 0 Å². The third-order valence-corrected chi connectivity index (χ3v) is 4.99. The third kappa shape index (κ3) is 3.24. The maximum absolute atomic E-state index is 6.00. The van der Waals surface area contributed by atoms with Crippen LogP contribution in [0.15, 0.2) is 53.7 Å². The number of benzene rings is 2. The number of hydrogen-bond donors (Lipinski definition) is 0. The molecule has 1 aromatic heterocycles. The van der Waals surface area contributed by atoms with Crippen molar-refractivity contribution in [1.29, 1.82) is 0 Å². The summed E-state index contributed by atoms with van der Waals surface area (Å²) in [5, 5.41) is 1.64. The summed E-state index contributed by atoms with van der Waals surface area (Å²) >= 11 is 1.91. The predicted octanol–water partition coefficient (Wildman–Crippen LogP) is 4.69. The molecule has 5 heteroatoms. The van der Waals surface area contributed by atoms with Crippen LogP contribution in [-0.4, -0.2) is 22.3 Å². The molecule has 1 fully saturated rings. The molecule has 116 valence electrons. The molecule has 2 aromatic carbocycles. The van der Waals surface area contributed by atoms with Crippen molar-refractivity contribution in [2.24, 2.45) is 0 Å². The molecule has 1 heterocycles. The van der Waals surface area contributed by atoms with Crippen LogP contribution < -0.4 is 9.47 Å². The highest BCUT2D eigenvalue weighted by Crippen LogP contribution is 2.40. The van der Waals surface area contributed by atoms with Crippen molar-refractivity contribution < 1.29 is 9.47 Å². The zero-order valence-corrected chi connectivity index (χ0v) is 13.5. The van der Waals surface area contributed by atoms with Gasteiger partial charge in [0.1, 0.15) is 17.8 Å². The standard InChI is InChI=1S/C18H16N2O2S/c1-21-12-5-8-16-17(10-12)19-11-20-18(16)22-13-3-2-4-15(9-13)23-14-6-7-14/h2-5,8-11,14H,6-7H2,1H3. The van der Waals surface area contributed by atoms with Gasteiger partial charge in [-0.25, -0.2) is 9.97 Å². The second-order valence-electron chi connectivity index (χ2n) is 5.46. The van der Waals surface area contributed by atoms with E-state index >= 15 is 0 Å². The van der Waals surface area contributed by atoms with E-state index in [1.54, 1.807) is 7.11 Å². The monoisotopic (exact) mass is 324 g/mol. The van der Waals surface area contributed by atoms with E-state index in [2.05, 4.69) is 22.1 Å². The molecule has 4 nitrogen and oxygen atoms in total. The van der Waals surface area contributed by atoms with Gasteiger partial charge >= 0.3 is 0 Å². The van der Waals surface area contributed by atoms with Crippen molar-refractivity contribution in [2.75, 3.05) is 7.11 Å². The normalized spacial score (nSPS) is 14.0. The fourth-order valence-electron chi connectivity index (χ4n) is 2.32. The van der Waals surface area contributed by atoms with Crippen LogP contribution in [0.1, 0.15) is 12.8 Å². The Morgan fingerprint density at radius 1 is 1.04 bits per heavy atom. The smallest absolute Gasteiger partial charge is 0.230 e. The first-order valence-corrected chi connectivity index (χ1v) is 8.43. The van der Waals surface area contributed by atoms with Gasteiger partial charge < -0.3 is 9.47 Å². The lowest BCUT2D eigenvalue weighted by molar-refractivity contribution is 0.415. The summed E-state index contributed by atoms with van der Waals surface area (Å²) in [5.74, 6) is 2.13. The second-order valence-corrected chi connectivity index (χ2v) is 6.83. The van der Waals surface area contributed by atoms with E-state index in [1.165, 1.54) is 24.1 Å². The molecule has 1 saturated carbocycles. The SMILES string of the molecule is COc1ccc2c(Oc3cccc(SC4CC4)c3)ncnc2c1. The topological polar surface area (TPSA) is 44.2 Å². The predicted molar refractivity (Wildman–Crippen MR) is 91.5 cm³/mol. The van der Waals surface area contributed by atoms with E-state index < -0.39 is 0 Å². The lowest BCUT2D eigenvalue weighted by Crippen LogP contribution is -1.92. The van der Waals surface area contributed by atoms with Gasteiger partial charge in [0.15, 0.2) is 0 Å². The van der Waals surface area contributed by atoms with E-state index in [9.17, 15) is 0 Å². The Morgan fingerprint density at radius 2 is 1.96 bits per heavy atom. The van der Waals surface area contributed by atoms with Crippen LogP contribution >= 0.6 is 11.8 Å². The van der Waals surface area contributed by atoms with Crippen LogP contribution in [0.5, 0.6) is 17.4 Å². The number of ether oxygens (including phenoxy) is 2. The molecule has 0 unspecified atom stereocenters. The van der Waals surface area contributed by atoms with Crippen LogP contribution in [-0.2, 0) is 0 Å². The van der Waals surface area contributed by atoms with Crippen LogP contribution in [0.25, 0.3) is 10.9 Å². The first-order valence-electron chi connectivity index (χ1n) is 7.55. The van der Waals surface area contributed by atoms with Crippen molar-refractivity contribution in [2.45, 2.75) is 23.0 Å². The average Bonchev–Trinajstić information content (AvgIpc) is 3.39. The van der Waals surface area contributed by atoms with Crippen molar-refractivity contribution in [3.8, 4) is 17.4 Å². The van der Waals surface area contributed by atoms with Crippen molar-refractivity contribution in [3.63, 3.8) is 0 Å². The van der Waals surface area contributed by atoms with Gasteiger partial charge in [-0.3, -0.25) is 0 Å². The van der Waals surface area contributed by atoms with E-state index in [0.29, 0.717) is 5.88 Å². The van der Waals surface area contributed by atoms with Crippen LogP contribution in [0.2, 0.25) is 0 Å². The van der Waals surface area contributed by atoms with Crippen LogP contribution in [0.3, 0.4) is 0 Å². The number of nitrogens with zero attached hydrogens (tertiary/aromatic N) is 2. The Hall–Kier alpha value is -2.27. The summed E-state index contributed by atoms with van der Waals surface area (Å²) < 4.78 is 11.2. The maximum atomic E-state index is 6.00. The molecule has 1 aliphatic carbocycles. The first kappa shape index (κ1) is 14.3. The summed E-state index contributed by atoms with van der Waals surface area (Å²) in [6, 6.07) is 13.9. The minimum atomic E-state index is 0.561. The quantitative estimate of drug-likeness (QED) is 0.681. The van der Waals surface area contributed by atoms with Gasteiger partial charge in [-0.15, -0.1) is 11.8 Å². The first-order chi connectivity index (χ1) is 11.3. The molecule has 0 atom stereocenters. The number of methoxy groups -OCH3 is 1. The molecule has 0 N–H and O–H groups in total. The summed E-state index contributed by atoms with van der Waals surface area (Å²) in [6.45, 7) is 0. The Labute approximate surface area is 138 Å². The molecule has 0 amide bonds. The maximum Gasteiger partial charge on any atom is 0.230 e. The van der Waals surface area contributed by atoms with Crippen molar-refractivity contribution in [3.05, 3.63) is 48.8 Å². The second kappa shape index (κ2) is 6.08. The zero-order chi connectivity index (χ0) is 15.6. The van der Waals surface area contributed by atoms with E-state index in [-0.39, 0.29) is 0 Å². The van der Waals surface area contributed by atoms with Gasteiger partial charge in [-0.2, -0.15) is 0 Å². The summed E-state index contributed by atoms with van der Waals surface area (Å²) in [4.78, 5) is 9.80. The number of fused-ring (bicyclic) bond motifs is 1. The summed E-state index contributed by atoms with van der Waals surface area (Å²) in [7, 11) is 1.64. The minimum Gasteiger partial charge on any atom is -0.497 e. The Kier molecular flexibility index (Phi) is 3.79. The Morgan fingerprint density at radius 3 is 2.78 bits per heavy atom. The molecule has 0 bridgehead atoms. The highest BCUT2D eigenvalue weighted by Gasteiger charge is 2.22. The Bertz CT molecular complexity index is 849. The van der Waals surface area contributed by atoms with Gasteiger partial charge in [-0.05, 0) is 43.2 Å². The third-order valence-electron chi connectivity index (χ3n) is 3.65. The molecular weight excluding hydrogens is 308 g/mol. The molecule has 23 heavy (non-hydrogen) atoms. The van der Waals surface area contributed by atoms with Gasteiger partial charge in [-0.1, -0.05) is 6.07 Å². The molecule has 1 aliphatic rings. The van der Waals surface area contributed by atoms with Crippen molar-refractivity contribution in [1.82, 2.24) is 9.97 Å². The lowest BCUT2D eigenvalue weighted by atomic mass is 10.2. The molecule has 3 aromatic rings. The van der Waals surface area contributed by atoms with Crippen LogP contribution in [0.4, 0.5) is 0 Å². The van der Waals surface area contributed by atoms with E-state index in [4.69, 9.17) is 9.47 Å². The molecule has 0 saturated heterocycles. The molecule has 0 aliphatic heterocycles. The summed E-state index contributed by atoms with van der Waals surface area (Å²) in [5.41, 5.74) is 0.804. The lowest BCUT2D eigenvalue weighted by Gasteiger charge is -2.09. The van der Waals surface area contributed by atoms with Crippen LogP contribution in [0, 0.1) is 0 Å². The molecular formula is C18H16N2O2S. The van der Waals surface area contributed by atoms with E-state index in [1.807, 2.05) is 42.1 Å². The highest BCUT2D eigenvalue weighted by atomic mass is 32.2. The number of thioether (sulfide) groups is 1. The molecule has 0 spiro atoms. The van der Waals surface area contributed by atoms with Crippen molar-refractivity contribution >= 4 is 22.7 Å². The Balaban J connectivity index is 1.64. The highest BCUT2D eigenvalue weighted by molar-refractivity contribution is 8.00. The average molecular weight is 324 g/mol. The summed E-state index contributed by atoms with van der Waals surface area (Å²) in [6.07, 6.45) is 4.14. The number of hydrogen-bond acceptors (Lipinski definition) is 5. The molecule has 4 rings (SSSR count). The minimum absolute atomic E-state index is 0.561. The van der Waals surface area contributed by atoms with Gasteiger partial charge in [0, 0.05) is 16.2 Å². The van der Waals surface area contributed by atoms with Gasteiger partial charge in [0.2, 0.25) is 5.88 Å². The van der Waals surface area contributed by atoms with E-state index in [0.717, 1.165) is 27.7 Å².